The first-order chi connectivity index (χ1) is 15.1. The summed E-state index contributed by atoms with van der Waals surface area (Å²) < 4.78 is 0. The minimum absolute atomic E-state index is 0.0154. The number of carbonyl (C=O) groups excluding carboxylic acids is 1. The Hall–Kier alpha value is -2.86. The van der Waals surface area contributed by atoms with Crippen molar-refractivity contribution < 1.29 is 4.79 Å². The molecule has 1 fully saturated rings. The summed E-state index contributed by atoms with van der Waals surface area (Å²) >= 11 is 0. The number of aliphatic imine (C=N–C) groups is 1. The van der Waals surface area contributed by atoms with Gasteiger partial charge in [0.05, 0.1) is 6.54 Å². The lowest BCUT2D eigenvalue weighted by molar-refractivity contribution is 0.0827. The lowest BCUT2D eigenvalue weighted by Crippen LogP contribution is -2.44. The molecule has 1 amide bonds. The van der Waals surface area contributed by atoms with E-state index in [1.54, 1.807) is 19.0 Å². The molecule has 1 unspecified atom stereocenters. The fourth-order valence-electron chi connectivity index (χ4n) is 3.89. The molecule has 0 spiro atoms. The van der Waals surface area contributed by atoms with Crippen LogP contribution in [0.3, 0.4) is 0 Å². The van der Waals surface area contributed by atoms with Gasteiger partial charge < -0.3 is 15.5 Å². The van der Waals surface area contributed by atoms with Crippen molar-refractivity contribution in [3.8, 4) is 0 Å². The number of rotatable bonds is 8. The molecule has 1 saturated heterocycles. The van der Waals surface area contributed by atoms with Crippen LogP contribution in [0.15, 0.2) is 59.6 Å². The second kappa shape index (κ2) is 11.5. The van der Waals surface area contributed by atoms with Crippen LogP contribution in [0.1, 0.15) is 41.3 Å². The van der Waals surface area contributed by atoms with E-state index in [2.05, 4.69) is 52.8 Å². The van der Waals surface area contributed by atoms with Crippen molar-refractivity contribution in [3.05, 3.63) is 71.3 Å². The van der Waals surface area contributed by atoms with Gasteiger partial charge in [-0.05, 0) is 49.6 Å². The van der Waals surface area contributed by atoms with Gasteiger partial charge in [0.1, 0.15) is 0 Å². The van der Waals surface area contributed by atoms with Crippen molar-refractivity contribution in [1.29, 1.82) is 0 Å². The maximum Gasteiger partial charge on any atom is 0.253 e. The molecule has 31 heavy (non-hydrogen) atoms. The highest BCUT2D eigenvalue weighted by Gasteiger charge is 2.24. The third-order valence-electron chi connectivity index (χ3n) is 5.60. The first kappa shape index (κ1) is 22.8. The highest BCUT2D eigenvalue weighted by Crippen LogP contribution is 2.19. The van der Waals surface area contributed by atoms with Crippen molar-refractivity contribution in [2.75, 3.05) is 33.7 Å². The molecule has 1 heterocycles. The SMILES string of the molecule is CCNC(=NCc1ccc(C(=O)N(C)C)cc1)NCC1CCCN1Cc1ccccc1. The van der Waals surface area contributed by atoms with E-state index in [9.17, 15) is 4.79 Å². The van der Waals surface area contributed by atoms with Gasteiger partial charge in [0.2, 0.25) is 0 Å². The minimum Gasteiger partial charge on any atom is -0.357 e. The molecule has 6 heteroatoms. The van der Waals surface area contributed by atoms with E-state index in [4.69, 9.17) is 4.99 Å². The number of guanidine groups is 1. The van der Waals surface area contributed by atoms with Gasteiger partial charge in [0.25, 0.3) is 5.91 Å². The molecule has 2 aromatic carbocycles. The molecule has 0 saturated carbocycles. The summed E-state index contributed by atoms with van der Waals surface area (Å²) in [5.41, 5.74) is 3.15. The third kappa shape index (κ3) is 6.82. The molecule has 0 aliphatic carbocycles. The lowest BCUT2D eigenvalue weighted by Gasteiger charge is -2.25. The molecule has 1 atom stereocenters. The average Bonchev–Trinajstić information content (AvgIpc) is 3.23. The van der Waals surface area contributed by atoms with Crippen LogP contribution in [-0.4, -0.2) is 61.4 Å². The molecule has 1 aliphatic heterocycles. The minimum atomic E-state index is 0.0154. The predicted octanol–water partition coefficient (Wildman–Crippen LogP) is 3.11. The highest BCUT2D eigenvalue weighted by molar-refractivity contribution is 5.93. The van der Waals surface area contributed by atoms with E-state index in [1.165, 1.54) is 18.4 Å². The molecule has 6 nitrogen and oxygen atoms in total. The molecule has 166 valence electrons. The Bertz CT molecular complexity index is 848. The Morgan fingerprint density at radius 2 is 1.81 bits per heavy atom. The molecule has 0 radical (unpaired) electrons. The van der Waals surface area contributed by atoms with E-state index >= 15 is 0 Å². The molecule has 0 bridgehead atoms. The van der Waals surface area contributed by atoms with E-state index in [0.717, 1.165) is 37.7 Å². The largest absolute Gasteiger partial charge is 0.357 e. The summed E-state index contributed by atoms with van der Waals surface area (Å²) in [5.74, 6) is 0.851. The maximum atomic E-state index is 12.0. The van der Waals surface area contributed by atoms with E-state index in [-0.39, 0.29) is 5.91 Å². The van der Waals surface area contributed by atoms with E-state index in [1.807, 2.05) is 24.3 Å². The maximum absolute atomic E-state index is 12.0. The van der Waals surface area contributed by atoms with Gasteiger partial charge in [-0.2, -0.15) is 0 Å². The van der Waals surface area contributed by atoms with E-state index in [0.29, 0.717) is 18.2 Å². The molecule has 2 N–H and O–H groups in total. The summed E-state index contributed by atoms with van der Waals surface area (Å²) in [6.45, 7) is 6.50. The fraction of sp³-hybridized carbons (Fsp3) is 0.440. The van der Waals surface area contributed by atoms with Gasteiger partial charge in [-0.15, -0.1) is 0 Å². The molecule has 3 rings (SSSR count). The van der Waals surface area contributed by atoms with Crippen molar-refractivity contribution in [3.63, 3.8) is 0 Å². The number of nitrogens with zero attached hydrogens (tertiary/aromatic N) is 3. The van der Waals surface area contributed by atoms with Crippen molar-refractivity contribution in [1.82, 2.24) is 20.4 Å². The Morgan fingerprint density at radius 1 is 1.06 bits per heavy atom. The van der Waals surface area contributed by atoms with Gasteiger partial charge in [0.15, 0.2) is 5.96 Å². The van der Waals surface area contributed by atoms with Gasteiger partial charge >= 0.3 is 0 Å². The normalized spacial score (nSPS) is 16.9. The van der Waals surface area contributed by atoms with Crippen LogP contribution < -0.4 is 10.6 Å². The van der Waals surface area contributed by atoms with E-state index < -0.39 is 0 Å². The summed E-state index contributed by atoms with van der Waals surface area (Å²) in [6, 6.07) is 18.9. The standard InChI is InChI=1S/C25H35N5O/c1-4-26-25(27-17-20-12-14-22(15-13-20)24(31)29(2)3)28-18-23-11-8-16-30(23)19-21-9-6-5-7-10-21/h5-7,9-10,12-15,23H,4,8,11,16-19H2,1-3H3,(H2,26,27,28). The summed E-state index contributed by atoms with van der Waals surface area (Å²) in [4.78, 5) is 20.9. The van der Waals surface area contributed by atoms with Crippen LogP contribution in [-0.2, 0) is 13.1 Å². The highest BCUT2D eigenvalue weighted by atomic mass is 16.2. The molecule has 1 aliphatic rings. The van der Waals surface area contributed by atoms with Crippen LogP contribution in [0.5, 0.6) is 0 Å². The first-order valence-electron chi connectivity index (χ1n) is 11.2. The van der Waals surface area contributed by atoms with Crippen LogP contribution in [0.25, 0.3) is 0 Å². The molecular weight excluding hydrogens is 386 g/mol. The van der Waals surface area contributed by atoms with Crippen LogP contribution in [0, 0.1) is 0 Å². The molecular formula is C25H35N5O. The van der Waals surface area contributed by atoms with Gasteiger partial charge in [-0.1, -0.05) is 42.5 Å². The van der Waals surface area contributed by atoms with Crippen molar-refractivity contribution >= 4 is 11.9 Å². The number of amides is 1. The Balaban J connectivity index is 1.55. The van der Waals surface area contributed by atoms with Crippen molar-refractivity contribution in [2.45, 2.75) is 38.9 Å². The Kier molecular flexibility index (Phi) is 8.47. The predicted molar refractivity (Wildman–Crippen MR) is 127 cm³/mol. The topological polar surface area (TPSA) is 60.0 Å². The molecule has 0 aromatic heterocycles. The Labute approximate surface area is 186 Å². The first-order valence-corrected chi connectivity index (χ1v) is 11.2. The van der Waals surface area contributed by atoms with Gasteiger partial charge in [-0.25, -0.2) is 4.99 Å². The second-order valence-electron chi connectivity index (χ2n) is 8.22. The zero-order chi connectivity index (χ0) is 22.1. The average molecular weight is 422 g/mol. The lowest BCUT2D eigenvalue weighted by atomic mass is 10.1. The van der Waals surface area contributed by atoms with Crippen LogP contribution >= 0.6 is 0 Å². The zero-order valence-electron chi connectivity index (χ0n) is 19.0. The smallest absolute Gasteiger partial charge is 0.253 e. The molecule has 2 aromatic rings. The van der Waals surface area contributed by atoms with Crippen molar-refractivity contribution in [2.24, 2.45) is 4.99 Å². The Morgan fingerprint density at radius 3 is 2.48 bits per heavy atom. The number of benzene rings is 2. The third-order valence-corrected chi connectivity index (χ3v) is 5.60. The number of hydrogen-bond acceptors (Lipinski definition) is 3. The number of hydrogen-bond donors (Lipinski definition) is 2. The monoisotopic (exact) mass is 421 g/mol. The van der Waals surface area contributed by atoms with Crippen LogP contribution in [0.2, 0.25) is 0 Å². The summed E-state index contributed by atoms with van der Waals surface area (Å²) in [6.07, 6.45) is 2.45. The fourth-order valence-corrected chi connectivity index (χ4v) is 3.89. The summed E-state index contributed by atoms with van der Waals surface area (Å²) in [7, 11) is 3.53. The number of carbonyl (C=O) groups is 1. The number of nitrogens with one attached hydrogen (secondary N) is 2. The van der Waals surface area contributed by atoms with Gasteiger partial charge in [-0.3, -0.25) is 9.69 Å². The quantitative estimate of drug-likeness (QED) is 0.508. The number of likely N-dealkylation sites (tertiary alicyclic amines) is 1. The van der Waals surface area contributed by atoms with Gasteiger partial charge in [0, 0.05) is 45.3 Å². The zero-order valence-corrected chi connectivity index (χ0v) is 19.0. The summed E-state index contributed by atoms with van der Waals surface area (Å²) in [5, 5.41) is 6.88. The second-order valence-corrected chi connectivity index (χ2v) is 8.22. The van der Waals surface area contributed by atoms with Crippen LogP contribution in [0.4, 0.5) is 0 Å².